The molecule has 0 aliphatic heterocycles. The molecule has 0 fully saturated rings. The van der Waals surface area contributed by atoms with Gasteiger partial charge in [0, 0.05) is 21.9 Å². The summed E-state index contributed by atoms with van der Waals surface area (Å²) in [5.41, 5.74) is 11.1. The molecule has 0 unspecified atom stereocenters. The van der Waals surface area contributed by atoms with Crippen molar-refractivity contribution >= 4 is 43.5 Å². The van der Waals surface area contributed by atoms with Crippen molar-refractivity contribution < 1.29 is 4.42 Å². The van der Waals surface area contributed by atoms with Gasteiger partial charge in [-0.05, 0) is 73.1 Å². The largest absolute Gasteiger partial charge is 0.455 e. The van der Waals surface area contributed by atoms with Gasteiger partial charge in [-0.2, -0.15) is 0 Å². The van der Waals surface area contributed by atoms with Crippen LogP contribution in [0.1, 0.15) is 0 Å². The Morgan fingerprint density at radius 1 is 0.298 bits per heavy atom. The minimum Gasteiger partial charge on any atom is -0.455 e. The van der Waals surface area contributed by atoms with Gasteiger partial charge in [-0.3, -0.25) is 0 Å². The van der Waals surface area contributed by atoms with E-state index in [-0.39, 0.29) is 0 Å². The molecule has 0 saturated heterocycles. The van der Waals surface area contributed by atoms with Crippen molar-refractivity contribution in [3.05, 3.63) is 200 Å². The van der Waals surface area contributed by atoms with E-state index in [0.29, 0.717) is 17.5 Å². The quantitative estimate of drug-likeness (QED) is 0.171. The Morgan fingerprint density at radius 2 is 0.807 bits per heavy atom. The van der Waals surface area contributed by atoms with Gasteiger partial charge in [0.15, 0.2) is 17.5 Å². The van der Waals surface area contributed by atoms with Crippen molar-refractivity contribution in [2.45, 2.75) is 0 Å². The first-order valence-electron chi connectivity index (χ1n) is 19.2. The molecule has 0 amide bonds. The Balaban J connectivity index is 1.04. The minimum absolute atomic E-state index is 0.560. The fraction of sp³-hybridized carbons (Fsp3) is 0. The van der Waals surface area contributed by atoms with Crippen molar-refractivity contribution in [1.29, 1.82) is 0 Å². The number of benzene rings is 9. The molecule has 9 aromatic carbocycles. The second-order valence-electron chi connectivity index (χ2n) is 14.4. The summed E-state index contributed by atoms with van der Waals surface area (Å²) < 4.78 is 6.90. The summed E-state index contributed by atoms with van der Waals surface area (Å²) >= 11 is 0. The first-order chi connectivity index (χ1) is 28.2. The third-order valence-electron chi connectivity index (χ3n) is 10.9. The lowest BCUT2D eigenvalue weighted by Crippen LogP contribution is -2.00. The van der Waals surface area contributed by atoms with E-state index in [1.54, 1.807) is 0 Å². The number of hydrogen-bond donors (Lipinski definition) is 0. The molecule has 0 aliphatic rings. The highest BCUT2D eigenvalue weighted by atomic mass is 16.3. The van der Waals surface area contributed by atoms with Gasteiger partial charge in [0.05, 0.1) is 5.56 Å². The number of para-hydroxylation sites is 1. The predicted octanol–water partition coefficient (Wildman–Crippen LogP) is 14.1. The van der Waals surface area contributed by atoms with Gasteiger partial charge in [-0.25, -0.2) is 15.0 Å². The third-order valence-corrected chi connectivity index (χ3v) is 10.9. The fourth-order valence-corrected chi connectivity index (χ4v) is 8.07. The van der Waals surface area contributed by atoms with Crippen LogP contribution in [0.15, 0.2) is 205 Å². The van der Waals surface area contributed by atoms with E-state index in [0.717, 1.165) is 66.3 Å². The molecular formula is C53H33N3O. The van der Waals surface area contributed by atoms with Crippen LogP contribution in [0.2, 0.25) is 0 Å². The zero-order chi connectivity index (χ0) is 37.7. The van der Waals surface area contributed by atoms with Crippen LogP contribution in [-0.2, 0) is 0 Å². The second-order valence-corrected chi connectivity index (χ2v) is 14.4. The van der Waals surface area contributed by atoms with Crippen molar-refractivity contribution in [1.82, 2.24) is 15.0 Å². The van der Waals surface area contributed by atoms with E-state index in [1.165, 1.54) is 27.3 Å². The fourth-order valence-electron chi connectivity index (χ4n) is 8.07. The maximum absolute atomic E-state index is 6.90. The summed E-state index contributed by atoms with van der Waals surface area (Å²) in [4.78, 5) is 15.2. The van der Waals surface area contributed by atoms with Gasteiger partial charge in [0.25, 0.3) is 0 Å². The Hall–Kier alpha value is -7.69. The summed E-state index contributed by atoms with van der Waals surface area (Å²) in [5, 5.41) is 6.89. The van der Waals surface area contributed by atoms with Gasteiger partial charge >= 0.3 is 0 Å². The molecule has 4 heteroatoms. The zero-order valence-corrected chi connectivity index (χ0v) is 30.8. The van der Waals surface area contributed by atoms with Crippen molar-refractivity contribution in [3.8, 4) is 67.5 Å². The van der Waals surface area contributed by atoms with E-state index in [9.17, 15) is 0 Å². The molecule has 57 heavy (non-hydrogen) atoms. The van der Waals surface area contributed by atoms with Gasteiger partial charge in [0.2, 0.25) is 0 Å². The average Bonchev–Trinajstić information content (AvgIpc) is 3.68. The van der Waals surface area contributed by atoms with Crippen LogP contribution in [-0.4, -0.2) is 15.0 Å². The summed E-state index contributed by atoms with van der Waals surface area (Å²) in [7, 11) is 0. The average molecular weight is 728 g/mol. The highest BCUT2D eigenvalue weighted by Crippen LogP contribution is 2.43. The van der Waals surface area contributed by atoms with Gasteiger partial charge in [-0.1, -0.05) is 182 Å². The highest BCUT2D eigenvalue weighted by Gasteiger charge is 2.20. The molecule has 11 rings (SSSR count). The lowest BCUT2D eigenvalue weighted by molar-refractivity contribution is 0.670. The lowest BCUT2D eigenvalue weighted by atomic mass is 9.93. The molecule has 4 nitrogen and oxygen atoms in total. The molecule has 0 radical (unpaired) electrons. The Kier molecular flexibility index (Phi) is 7.78. The van der Waals surface area contributed by atoms with Crippen LogP contribution in [0, 0.1) is 0 Å². The molecule has 0 atom stereocenters. The van der Waals surface area contributed by atoms with E-state index in [1.807, 2.05) is 42.5 Å². The van der Waals surface area contributed by atoms with Crippen LogP contribution >= 0.6 is 0 Å². The SMILES string of the molecule is c1ccc(-c2ccc(-c3nc(-c4ccccc4)nc(-c4cccc5c4oc4cc(-c6ccc(-c7ccc8ccccc8c7)cc6)c6ccccc6c45)n3)cc2)cc1. The predicted molar refractivity (Wildman–Crippen MR) is 235 cm³/mol. The molecule has 266 valence electrons. The second kappa shape index (κ2) is 13.6. The maximum atomic E-state index is 6.90. The molecule has 11 aromatic rings. The zero-order valence-electron chi connectivity index (χ0n) is 30.8. The first-order valence-corrected chi connectivity index (χ1v) is 19.2. The number of aromatic nitrogens is 3. The van der Waals surface area contributed by atoms with Crippen molar-refractivity contribution in [2.24, 2.45) is 0 Å². The molecule has 0 saturated carbocycles. The smallest absolute Gasteiger partial charge is 0.167 e. The standard InChI is InChI=1S/C53H33N3O/c1-3-12-34(13-4-1)36-24-29-40(30-25-36)52-54-51(39-15-5-2-6-16-39)55-53(56-52)46-21-11-20-45-49-44-19-10-9-18-43(44)47(33-48(49)57-50(45)46)38-27-22-37(23-28-38)42-31-26-35-14-7-8-17-41(35)32-42/h1-33H. The molecule has 0 bridgehead atoms. The highest BCUT2D eigenvalue weighted by molar-refractivity contribution is 6.23. The van der Waals surface area contributed by atoms with E-state index >= 15 is 0 Å². The molecule has 0 spiro atoms. The van der Waals surface area contributed by atoms with Gasteiger partial charge in [-0.15, -0.1) is 0 Å². The monoisotopic (exact) mass is 727 g/mol. The van der Waals surface area contributed by atoms with Crippen LogP contribution < -0.4 is 0 Å². The molecule has 0 N–H and O–H groups in total. The Morgan fingerprint density at radius 3 is 1.54 bits per heavy atom. The number of rotatable bonds is 6. The van der Waals surface area contributed by atoms with Crippen molar-refractivity contribution in [3.63, 3.8) is 0 Å². The topological polar surface area (TPSA) is 51.8 Å². The normalized spacial score (nSPS) is 11.5. The van der Waals surface area contributed by atoms with Gasteiger partial charge in [0.1, 0.15) is 11.2 Å². The van der Waals surface area contributed by atoms with Crippen LogP contribution in [0.4, 0.5) is 0 Å². The molecular weight excluding hydrogens is 695 g/mol. The number of nitrogens with zero attached hydrogens (tertiary/aromatic N) is 3. The molecule has 2 aromatic heterocycles. The van der Waals surface area contributed by atoms with Crippen LogP contribution in [0.3, 0.4) is 0 Å². The van der Waals surface area contributed by atoms with Gasteiger partial charge < -0.3 is 4.42 Å². The number of fused-ring (bicyclic) bond motifs is 6. The number of furan rings is 1. The summed E-state index contributed by atoms with van der Waals surface area (Å²) in [5.74, 6) is 1.77. The number of hydrogen-bond acceptors (Lipinski definition) is 4. The maximum Gasteiger partial charge on any atom is 0.167 e. The summed E-state index contributed by atoms with van der Waals surface area (Å²) in [6.45, 7) is 0. The van der Waals surface area contributed by atoms with E-state index < -0.39 is 0 Å². The Bertz CT molecular complexity index is 3260. The Labute approximate surface area is 329 Å². The van der Waals surface area contributed by atoms with Crippen LogP contribution in [0.5, 0.6) is 0 Å². The van der Waals surface area contributed by atoms with E-state index in [2.05, 4.69) is 158 Å². The molecule has 2 heterocycles. The summed E-state index contributed by atoms with van der Waals surface area (Å²) in [6.07, 6.45) is 0. The van der Waals surface area contributed by atoms with Crippen LogP contribution in [0.25, 0.3) is 111 Å². The van der Waals surface area contributed by atoms with E-state index in [4.69, 9.17) is 19.4 Å². The third kappa shape index (κ3) is 5.83. The minimum atomic E-state index is 0.560. The molecule has 0 aliphatic carbocycles. The summed E-state index contributed by atoms with van der Waals surface area (Å²) in [6, 6.07) is 69.9. The van der Waals surface area contributed by atoms with Crippen molar-refractivity contribution in [2.75, 3.05) is 0 Å². The lowest BCUT2D eigenvalue weighted by Gasteiger charge is -2.10. The first kappa shape index (κ1) is 32.7.